The van der Waals surface area contributed by atoms with E-state index in [2.05, 4.69) is 5.32 Å². The molecule has 0 amide bonds. The van der Waals surface area contributed by atoms with E-state index in [-0.39, 0.29) is 23.5 Å². The Kier molecular flexibility index (Phi) is 4.94. The van der Waals surface area contributed by atoms with Crippen LogP contribution in [0.15, 0.2) is 0 Å². The highest BCUT2D eigenvalue weighted by Crippen LogP contribution is 2.22. The third kappa shape index (κ3) is 5.50. The standard InChI is InChI=1S/C11H21NO4S/c1-11(6-8-17(15,16)9-11)12-7-4-2-3-5-10(13)14/h12H,2-9H2,1H3,(H,13,14). The summed E-state index contributed by atoms with van der Waals surface area (Å²) in [6, 6.07) is 0. The van der Waals surface area contributed by atoms with Crippen molar-refractivity contribution in [3.63, 3.8) is 0 Å². The number of carboxylic acid groups (broad SMARTS) is 1. The van der Waals surface area contributed by atoms with E-state index in [9.17, 15) is 13.2 Å². The average molecular weight is 263 g/mol. The second-order valence-corrected chi connectivity index (χ2v) is 7.22. The summed E-state index contributed by atoms with van der Waals surface area (Å²) in [5.41, 5.74) is -0.286. The number of hydrogen-bond acceptors (Lipinski definition) is 4. The maximum atomic E-state index is 11.4. The predicted octanol–water partition coefficient (Wildman–Crippen LogP) is 0.798. The Morgan fingerprint density at radius 2 is 2.06 bits per heavy atom. The lowest BCUT2D eigenvalue weighted by molar-refractivity contribution is -0.137. The Morgan fingerprint density at radius 1 is 1.35 bits per heavy atom. The Morgan fingerprint density at radius 3 is 2.59 bits per heavy atom. The molecule has 0 aromatic rings. The molecule has 1 unspecified atom stereocenters. The van der Waals surface area contributed by atoms with Gasteiger partial charge in [0, 0.05) is 12.0 Å². The predicted molar refractivity (Wildman–Crippen MR) is 65.8 cm³/mol. The van der Waals surface area contributed by atoms with Gasteiger partial charge < -0.3 is 10.4 Å². The minimum absolute atomic E-state index is 0.214. The van der Waals surface area contributed by atoms with E-state index in [0.29, 0.717) is 12.8 Å². The van der Waals surface area contributed by atoms with Gasteiger partial charge in [0.2, 0.25) is 0 Å². The molecule has 0 radical (unpaired) electrons. The van der Waals surface area contributed by atoms with E-state index < -0.39 is 15.8 Å². The van der Waals surface area contributed by atoms with Crippen LogP contribution in [0.25, 0.3) is 0 Å². The van der Waals surface area contributed by atoms with Gasteiger partial charge in [-0.2, -0.15) is 0 Å². The number of carboxylic acids is 1. The van der Waals surface area contributed by atoms with Crippen molar-refractivity contribution < 1.29 is 18.3 Å². The molecule has 1 aliphatic rings. The van der Waals surface area contributed by atoms with Crippen molar-refractivity contribution >= 4 is 15.8 Å². The van der Waals surface area contributed by atoms with Crippen LogP contribution >= 0.6 is 0 Å². The van der Waals surface area contributed by atoms with Gasteiger partial charge in [0.25, 0.3) is 0 Å². The fourth-order valence-electron chi connectivity index (χ4n) is 2.12. The molecule has 0 aromatic heterocycles. The second-order valence-electron chi connectivity index (χ2n) is 5.03. The third-order valence-electron chi connectivity index (χ3n) is 3.12. The van der Waals surface area contributed by atoms with Gasteiger partial charge in [0.05, 0.1) is 11.5 Å². The summed E-state index contributed by atoms with van der Waals surface area (Å²) in [6.45, 7) is 2.69. The molecule has 1 rings (SSSR count). The molecule has 0 aromatic carbocycles. The summed E-state index contributed by atoms with van der Waals surface area (Å²) < 4.78 is 22.7. The largest absolute Gasteiger partial charge is 0.481 e. The van der Waals surface area contributed by atoms with E-state index in [0.717, 1.165) is 19.4 Å². The van der Waals surface area contributed by atoms with E-state index in [4.69, 9.17) is 5.11 Å². The Labute approximate surface area is 103 Å². The number of hydrogen-bond donors (Lipinski definition) is 2. The molecule has 1 atom stereocenters. The molecular weight excluding hydrogens is 242 g/mol. The van der Waals surface area contributed by atoms with E-state index in [1.165, 1.54) is 0 Å². The lowest BCUT2D eigenvalue weighted by atomic mass is 10.0. The molecule has 1 heterocycles. The van der Waals surface area contributed by atoms with Gasteiger partial charge >= 0.3 is 5.97 Å². The first kappa shape index (κ1) is 14.4. The van der Waals surface area contributed by atoms with Crippen LogP contribution in [-0.2, 0) is 14.6 Å². The summed E-state index contributed by atoms with van der Waals surface area (Å²) in [4.78, 5) is 10.3. The van der Waals surface area contributed by atoms with Gasteiger partial charge in [-0.1, -0.05) is 6.42 Å². The SMILES string of the molecule is CC1(NCCCCCC(=O)O)CCS(=O)(=O)C1. The molecule has 1 saturated heterocycles. The molecule has 0 spiro atoms. The minimum atomic E-state index is -2.85. The van der Waals surface area contributed by atoms with Crippen molar-refractivity contribution in [1.29, 1.82) is 0 Å². The van der Waals surface area contributed by atoms with Crippen LogP contribution in [0.5, 0.6) is 0 Å². The summed E-state index contributed by atoms with van der Waals surface area (Å²) in [5.74, 6) is -0.267. The first-order valence-corrected chi connectivity index (χ1v) is 7.82. The number of unbranched alkanes of at least 4 members (excludes halogenated alkanes) is 2. The summed E-state index contributed by atoms with van der Waals surface area (Å²) >= 11 is 0. The Bertz CT molecular complexity index is 366. The zero-order valence-electron chi connectivity index (χ0n) is 10.2. The van der Waals surface area contributed by atoms with Crippen molar-refractivity contribution in [3.8, 4) is 0 Å². The van der Waals surface area contributed by atoms with Crippen molar-refractivity contribution in [3.05, 3.63) is 0 Å². The highest BCUT2D eigenvalue weighted by Gasteiger charge is 2.37. The third-order valence-corrected chi connectivity index (χ3v) is 5.03. The fourth-order valence-corrected chi connectivity index (χ4v) is 4.24. The Balaban J connectivity index is 2.13. The highest BCUT2D eigenvalue weighted by molar-refractivity contribution is 7.91. The lowest BCUT2D eigenvalue weighted by Crippen LogP contribution is -2.43. The molecule has 17 heavy (non-hydrogen) atoms. The van der Waals surface area contributed by atoms with Gasteiger partial charge in [-0.25, -0.2) is 8.42 Å². The number of nitrogens with one attached hydrogen (secondary N) is 1. The number of rotatable bonds is 7. The smallest absolute Gasteiger partial charge is 0.303 e. The molecule has 5 nitrogen and oxygen atoms in total. The van der Waals surface area contributed by atoms with Crippen molar-refractivity contribution in [2.75, 3.05) is 18.1 Å². The van der Waals surface area contributed by atoms with Crippen LogP contribution in [0.4, 0.5) is 0 Å². The van der Waals surface area contributed by atoms with Crippen LogP contribution in [0.1, 0.15) is 39.0 Å². The molecule has 100 valence electrons. The molecule has 0 saturated carbocycles. The fraction of sp³-hybridized carbons (Fsp3) is 0.909. The molecule has 6 heteroatoms. The second kappa shape index (κ2) is 5.82. The van der Waals surface area contributed by atoms with Crippen LogP contribution in [0, 0.1) is 0 Å². The highest BCUT2D eigenvalue weighted by atomic mass is 32.2. The maximum Gasteiger partial charge on any atom is 0.303 e. The van der Waals surface area contributed by atoms with Crippen LogP contribution in [0.3, 0.4) is 0 Å². The van der Waals surface area contributed by atoms with Gasteiger partial charge in [0.15, 0.2) is 9.84 Å². The van der Waals surface area contributed by atoms with Crippen molar-refractivity contribution in [1.82, 2.24) is 5.32 Å². The molecule has 1 aliphatic heterocycles. The number of aliphatic carboxylic acids is 1. The van der Waals surface area contributed by atoms with Gasteiger partial charge in [-0.15, -0.1) is 0 Å². The first-order chi connectivity index (χ1) is 7.83. The quantitative estimate of drug-likeness (QED) is 0.664. The van der Waals surface area contributed by atoms with Gasteiger partial charge in [-0.05, 0) is 32.7 Å². The minimum Gasteiger partial charge on any atom is -0.481 e. The summed E-state index contributed by atoms with van der Waals surface area (Å²) in [7, 11) is -2.85. The maximum absolute atomic E-state index is 11.4. The first-order valence-electron chi connectivity index (χ1n) is 6.00. The molecule has 0 bridgehead atoms. The van der Waals surface area contributed by atoms with Crippen LogP contribution in [0.2, 0.25) is 0 Å². The van der Waals surface area contributed by atoms with E-state index in [1.807, 2.05) is 6.92 Å². The van der Waals surface area contributed by atoms with E-state index >= 15 is 0 Å². The lowest BCUT2D eigenvalue weighted by Gasteiger charge is -2.23. The average Bonchev–Trinajstić information content (AvgIpc) is 2.47. The molecule has 1 fully saturated rings. The zero-order chi connectivity index (χ0) is 12.9. The topological polar surface area (TPSA) is 83.5 Å². The summed E-state index contributed by atoms with van der Waals surface area (Å²) in [6.07, 6.45) is 3.33. The van der Waals surface area contributed by atoms with Crippen molar-refractivity contribution in [2.45, 2.75) is 44.6 Å². The van der Waals surface area contributed by atoms with Crippen LogP contribution < -0.4 is 5.32 Å². The Hall–Kier alpha value is -0.620. The molecule has 2 N–H and O–H groups in total. The number of sulfone groups is 1. The summed E-state index contributed by atoms with van der Waals surface area (Å²) in [5, 5.41) is 11.7. The van der Waals surface area contributed by atoms with Crippen LogP contribution in [-0.4, -0.2) is 43.1 Å². The monoisotopic (exact) mass is 263 g/mol. The normalized spacial score (nSPS) is 27.1. The number of carbonyl (C=O) groups is 1. The van der Waals surface area contributed by atoms with Gasteiger partial charge in [0.1, 0.15) is 0 Å². The van der Waals surface area contributed by atoms with Crippen molar-refractivity contribution in [2.24, 2.45) is 0 Å². The van der Waals surface area contributed by atoms with Gasteiger partial charge in [-0.3, -0.25) is 4.79 Å². The molecular formula is C11H21NO4S. The van der Waals surface area contributed by atoms with E-state index in [1.54, 1.807) is 0 Å². The molecule has 0 aliphatic carbocycles. The zero-order valence-corrected chi connectivity index (χ0v) is 11.1.